The monoisotopic (exact) mass is 511 g/mol. The Hall–Kier alpha value is -2.78. The number of H-pyrrole nitrogens is 1. The van der Waals surface area contributed by atoms with Crippen molar-refractivity contribution < 1.29 is 9.59 Å². The van der Waals surface area contributed by atoms with Gasteiger partial charge in [-0.3, -0.25) is 19.4 Å². The third-order valence-corrected chi connectivity index (χ3v) is 5.40. The van der Waals surface area contributed by atoms with Crippen LogP contribution < -0.4 is 21.5 Å². The number of halogens is 4. The molecule has 4 rings (SSSR count). The van der Waals surface area contributed by atoms with Crippen molar-refractivity contribution >= 4 is 81.4 Å². The molecule has 3 aromatic rings. The number of rotatable bonds is 4. The fourth-order valence-electron chi connectivity index (χ4n) is 3.27. The summed E-state index contributed by atoms with van der Waals surface area (Å²) < 4.78 is 0. The van der Waals surface area contributed by atoms with E-state index < -0.39 is 23.3 Å². The number of aromatic amines is 1. The maximum atomic E-state index is 12.9. The summed E-state index contributed by atoms with van der Waals surface area (Å²) in [6, 6.07) is 9.23. The van der Waals surface area contributed by atoms with Gasteiger partial charge in [-0.1, -0.05) is 46.4 Å². The third kappa shape index (κ3) is 4.99. The van der Waals surface area contributed by atoms with Crippen LogP contribution in [-0.2, 0) is 9.59 Å². The first-order valence-electron chi connectivity index (χ1n) is 9.12. The van der Waals surface area contributed by atoms with E-state index in [-0.39, 0.29) is 23.8 Å². The Morgan fingerprint density at radius 1 is 0.906 bits per heavy atom. The van der Waals surface area contributed by atoms with Gasteiger partial charge in [0.15, 0.2) is 0 Å². The largest absolute Gasteiger partial charge is 0.326 e. The minimum atomic E-state index is -1.07. The first-order chi connectivity index (χ1) is 15.2. The maximum Gasteiger partial charge on any atom is 0.258 e. The first kappa shape index (κ1) is 22.4. The Morgan fingerprint density at radius 3 is 2.06 bits per heavy atom. The average molecular weight is 513 g/mol. The SMILES string of the molecule is O=C1C[C@H](C(=O)Nc2cc(Cl)cc(Cl)c2)c2c(nc(Nc3cc(Cl)cc(Cl)c3)[nH]c2=O)N1. The molecule has 4 N–H and O–H groups in total. The first-order valence-corrected chi connectivity index (χ1v) is 10.6. The second-order valence-electron chi connectivity index (χ2n) is 6.91. The lowest BCUT2D eigenvalue weighted by Gasteiger charge is -2.23. The molecule has 164 valence electrons. The average Bonchev–Trinajstić information content (AvgIpc) is 2.65. The number of aromatic nitrogens is 2. The van der Waals surface area contributed by atoms with E-state index in [1.807, 2.05) is 0 Å². The number of nitrogens with zero attached hydrogens (tertiary/aromatic N) is 1. The predicted molar refractivity (Wildman–Crippen MR) is 126 cm³/mol. The van der Waals surface area contributed by atoms with Gasteiger partial charge >= 0.3 is 0 Å². The maximum absolute atomic E-state index is 12.9. The highest BCUT2D eigenvalue weighted by molar-refractivity contribution is 6.35. The van der Waals surface area contributed by atoms with Crippen molar-refractivity contribution in [3.8, 4) is 0 Å². The van der Waals surface area contributed by atoms with E-state index in [9.17, 15) is 14.4 Å². The summed E-state index contributed by atoms with van der Waals surface area (Å²) in [4.78, 5) is 44.8. The molecule has 1 aromatic heterocycles. The number of anilines is 4. The summed E-state index contributed by atoms with van der Waals surface area (Å²) in [5.74, 6) is -2.09. The van der Waals surface area contributed by atoms with Crippen molar-refractivity contribution in [3.05, 3.63) is 72.4 Å². The molecule has 0 bridgehead atoms. The molecule has 8 nitrogen and oxygen atoms in total. The summed E-state index contributed by atoms with van der Waals surface area (Å²) in [7, 11) is 0. The Bertz CT molecular complexity index is 1270. The van der Waals surface area contributed by atoms with Gasteiger partial charge in [0.25, 0.3) is 5.56 Å². The molecule has 1 aliphatic heterocycles. The van der Waals surface area contributed by atoms with Crippen LogP contribution >= 0.6 is 46.4 Å². The summed E-state index contributed by atoms with van der Waals surface area (Å²) in [5, 5.41) is 9.45. The lowest BCUT2D eigenvalue weighted by molar-refractivity contribution is -0.123. The topological polar surface area (TPSA) is 116 Å². The van der Waals surface area contributed by atoms with Crippen LogP contribution in [0.3, 0.4) is 0 Å². The Morgan fingerprint density at radius 2 is 1.47 bits per heavy atom. The number of carbonyl (C=O) groups is 2. The molecule has 0 aliphatic carbocycles. The molecule has 0 fully saturated rings. The second-order valence-corrected chi connectivity index (χ2v) is 8.66. The highest BCUT2D eigenvalue weighted by Crippen LogP contribution is 2.31. The van der Waals surface area contributed by atoms with Crippen molar-refractivity contribution in [2.24, 2.45) is 0 Å². The lowest BCUT2D eigenvalue weighted by Crippen LogP contribution is -2.36. The summed E-state index contributed by atoms with van der Waals surface area (Å²) >= 11 is 23.9. The highest BCUT2D eigenvalue weighted by Gasteiger charge is 2.34. The molecule has 2 aromatic carbocycles. The molecule has 0 radical (unpaired) electrons. The third-order valence-electron chi connectivity index (χ3n) is 4.52. The van der Waals surface area contributed by atoms with Crippen LogP contribution in [0.25, 0.3) is 0 Å². The van der Waals surface area contributed by atoms with Gasteiger partial charge in [-0.25, -0.2) is 0 Å². The van der Waals surface area contributed by atoms with E-state index in [4.69, 9.17) is 46.4 Å². The van der Waals surface area contributed by atoms with E-state index in [2.05, 4.69) is 25.9 Å². The van der Waals surface area contributed by atoms with Gasteiger partial charge < -0.3 is 16.0 Å². The molecule has 1 atom stereocenters. The zero-order chi connectivity index (χ0) is 23.0. The number of benzene rings is 2. The zero-order valence-electron chi connectivity index (χ0n) is 15.9. The van der Waals surface area contributed by atoms with Gasteiger partial charge in [-0.05, 0) is 36.4 Å². The van der Waals surface area contributed by atoms with Crippen molar-refractivity contribution in [1.29, 1.82) is 0 Å². The summed E-state index contributed by atoms with van der Waals surface area (Å²) in [6.45, 7) is 0. The van der Waals surface area contributed by atoms with Gasteiger partial charge in [-0.2, -0.15) is 4.98 Å². The van der Waals surface area contributed by atoms with Crippen LogP contribution in [0.1, 0.15) is 17.9 Å². The van der Waals surface area contributed by atoms with Crippen LogP contribution in [0.15, 0.2) is 41.2 Å². The Kier molecular flexibility index (Phi) is 6.30. The molecule has 0 saturated heterocycles. The normalized spacial score (nSPS) is 15.0. The van der Waals surface area contributed by atoms with Gasteiger partial charge in [-0.15, -0.1) is 0 Å². The molecule has 0 saturated carbocycles. The second kappa shape index (κ2) is 8.99. The van der Waals surface area contributed by atoms with Gasteiger partial charge in [0.05, 0.1) is 11.5 Å². The van der Waals surface area contributed by atoms with E-state index in [0.29, 0.717) is 31.5 Å². The number of hydrogen-bond acceptors (Lipinski definition) is 5. The minimum Gasteiger partial charge on any atom is -0.326 e. The quantitative estimate of drug-likeness (QED) is 0.383. The molecule has 2 amide bonds. The lowest BCUT2D eigenvalue weighted by atomic mass is 9.92. The highest BCUT2D eigenvalue weighted by atomic mass is 35.5. The van der Waals surface area contributed by atoms with Gasteiger partial charge in [0.2, 0.25) is 17.8 Å². The fraction of sp³-hybridized carbons (Fsp3) is 0.100. The van der Waals surface area contributed by atoms with E-state index in [1.165, 1.54) is 18.2 Å². The standard InChI is InChI=1S/C20H13Cl4N5O3/c21-8-1-9(22)4-12(3-8)25-18(31)14-7-15(30)27-17-16(14)19(32)29-20(28-17)26-13-5-10(23)2-11(24)6-13/h1-6,14H,7H2,(H,25,31)(H3,26,27,28,29,30,32)/t14-/m0/s1. The molecule has 0 spiro atoms. The molecule has 2 heterocycles. The van der Waals surface area contributed by atoms with Crippen LogP contribution in [0.4, 0.5) is 23.1 Å². The Labute approximate surface area is 201 Å². The Balaban J connectivity index is 1.65. The molecule has 0 unspecified atom stereocenters. The van der Waals surface area contributed by atoms with E-state index in [0.717, 1.165) is 0 Å². The molecule has 32 heavy (non-hydrogen) atoms. The minimum absolute atomic E-state index is 0.0232. The van der Waals surface area contributed by atoms with Crippen LogP contribution in [0.5, 0.6) is 0 Å². The number of carbonyl (C=O) groups excluding carboxylic acids is 2. The number of hydrogen-bond donors (Lipinski definition) is 4. The zero-order valence-corrected chi connectivity index (χ0v) is 19.0. The number of amides is 2. The molecular formula is C20H13Cl4N5O3. The van der Waals surface area contributed by atoms with Gasteiger partial charge in [0.1, 0.15) is 5.82 Å². The van der Waals surface area contributed by atoms with E-state index in [1.54, 1.807) is 18.2 Å². The smallest absolute Gasteiger partial charge is 0.258 e. The van der Waals surface area contributed by atoms with Crippen molar-refractivity contribution in [2.75, 3.05) is 16.0 Å². The summed E-state index contributed by atoms with van der Waals surface area (Å²) in [6.07, 6.45) is -0.228. The summed E-state index contributed by atoms with van der Waals surface area (Å²) in [5.41, 5.74) is 0.250. The van der Waals surface area contributed by atoms with Crippen LogP contribution in [0, 0.1) is 0 Å². The van der Waals surface area contributed by atoms with Gasteiger partial charge in [0, 0.05) is 37.9 Å². The number of nitrogens with one attached hydrogen (secondary N) is 4. The van der Waals surface area contributed by atoms with E-state index >= 15 is 0 Å². The molecule has 1 aliphatic rings. The number of fused-ring (bicyclic) bond motifs is 1. The van der Waals surface area contributed by atoms with Crippen LogP contribution in [0.2, 0.25) is 20.1 Å². The molecular weight excluding hydrogens is 500 g/mol. The van der Waals surface area contributed by atoms with Crippen LogP contribution in [-0.4, -0.2) is 21.8 Å². The predicted octanol–water partition coefficient (Wildman–Crippen LogP) is 5.19. The van der Waals surface area contributed by atoms with Crippen molar-refractivity contribution in [2.45, 2.75) is 12.3 Å². The fourth-order valence-corrected chi connectivity index (χ4v) is 4.32. The molecule has 12 heteroatoms. The van der Waals surface area contributed by atoms with Crippen molar-refractivity contribution in [1.82, 2.24) is 9.97 Å². The van der Waals surface area contributed by atoms with Crippen molar-refractivity contribution in [3.63, 3.8) is 0 Å².